The van der Waals surface area contributed by atoms with E-state index >= 15 is 0 Å². The molecule has 13 nitrogen and oxygen atoms in total. The smallest absolute Gasteiger partial charge is 0.410 e. The molecule has 1 aromatic carbocycles. The number of aromatic nitrogens is 3. The molecule has 0 saturated carbocycles. The summed E-state index contributed by atoms with van der Waals surface area (Å²) in [4.78, 5) is 41.3. The number of rotatable bonds is 5. The van der Waals surface area contributed by atoms with Crippen LogP contribution in [-0.2, 0) is 23.1 Å². The summed E-state index contributed by atoms with van der Waals surface area (Å²) < 4.78 is 31.2. The van der Waals surface area contributed by atoms with Gasteiger partial charge in [0.2, 0.25) is 5.75 Å². The minimum Gasteiger partial charge on any atom is -0.504 e. The van der Waals surface area contributed by atoms with E-state index < -0.39 is 58.2 Å². The molecule has 1 aliphatic rings. The van der Waals surface area contributed by atoms with Crippen LogP contribution in [0.5, 0.6) is 11.5 Å². The zero-order chi connectivity index (χ0) is 28.8. The van der Waals surface area contributed by atoms with Gasteiger partial charge in [0.1, 0.15) is 23.2 Å². The number of carbonyl (C=O) groups excluding carboxylic acids is 2. The van der Waals surface area contributed by atoms with Crippen LogP contribution >= 0.6 is 0 Å². The maximum atomic E-state index is 13.9. The Morgan fingerprint density at radius 1 is 1.36 bits per heavy atom. The van der Waals surface area contributed by atoms with Crippen molar-refractivity contribution in [2.45, 2.75) is 39.2 Å². The first-order valence-electron chi connectivity index (χ1n) is 11.5. The Bertz CT molecular complexity index is 1600. The Kier molecular flexibility index (Phi) is 6.69. The molecule has 3 heterocycles. The van der Waals surface area contributed by atoms with Crippen LogP contribution in [0.4, 0.5) is 15.0 Å². The normalized spacial score (nSPS) is 14.4. The molecule has 4 N–H and O–H groups in total. The zero-order valence-electron chi connectivity index (χ0n) is 21.7. The van der Waals surface area contributed by atoms with Crippen LogP contribution in [0.25, 0.3) is 11.1 Å². The number of carbonyl (C=O) groups is 2. The molecule has 0 spiro atoms. The number of esters is 1. The van der Waals surface area contributed by atoms with Gasteiger partial charge >= 0.3 is 12.1 Å². The maximum Gasteiger partial charge on any atom is 0.410 e. The number of halogens is 1. The average molecular weight is 541 g/mol. The Labute approximate surface area is 221 Å². The third-order valence-corrected chi connectivity index (χ3v) is 5.67. The first kappa shape index (κ1) is 27.0. The highest BCUT2D eigenvalue weighted by molar-refractivity contribution is 5.94. The molecule has 0 aliphatic carbocycles. The minimum atomic E-state index is -1.49. The van der Waals surface area contributed by atoms with E-state index in [1.807, 2.05) is 6.07 Å². The highest BCUT2D eigenvalue weighted by Crippen LogP contribution is 2.43. The summed E-state index contributed by atoms with van der Waals surface area (Å²) in [5.74, 6) is -3.14. The molecular formula is C25H25FN6O7. The number of aromatic hydroxyl groups is 1. The SMILES string of the molecule is CN(Cc1nn(C)c(C#N)c1-c1c(O)c(OC2OC(=O)c3ccc(F)cc32)c(N)[nH]c1=O)C(=O)OC(C)(C)C. The van der Waals surface area contributed by atoms with Gasteiger partial charge in [-0.1, -0.05) is 0 Å². The summed E-state index contributed by atoms with van der Waals surface area (Å²) in [6.45, 7) is 4.88. The molecule has 0 saturated heterocycles. The second-order valence-corrected chi connectivity index (χ2v) is 9.75. The van der Waals surface area contributed by atoms with Crippen molar-refractivity contribution in [2.24, 2.45) is 7.05 Å². The lowest BCUT2D eigenvalue weighted by atomic mass is 10.0. The number of nitriles is 1. The third-order valence-electron chi connectivity index (χ3n) is 5.67. The van der Waals surface area contributed by atoms with Gasteiger partial charge in [-0.05, 0) is 39.0 Å². The number of nitrogens with two attached hydrogens (primary N) is 1. The number of hydrogen-bond donors (Lipinski definition) is 3. The molecule has 2 aromatic heterocycles. The van der Waals surface area contributed by atoms with Crippen molar-refractivity contribution in [2.75, 3.05) is 12.8 Å². The molecule has 1 amide bonds. The predicted octanol–water partition coefficient (Wildman–Crippen LogP) is 2.69. The maximum absolute atomic E-state index is 13.9. The highest BCUT2D eigenvalue weighted by Gasteiger charge is 2.36. The van der Waals surface area contributed by atoms with Gasteiger partial charge in [-0.2, -0.15) is 10.4 Å². The standard InChI is InChI=1S/C25H25FN6O7/c1-25(2,3)39-24(36)31(4)10-14-16(15(9-27)32(5)30-14)17-18(33)19(20(28)29-21(17)34)37-23-13-8-11(26)6-7-12(13)22(35)38-23/h6-8,23H,10H2,1-5H3,(H4,28,29,33,34). The zero-order valence-corrected chi connectivity index (χ0v) is 21.7. The second-order valence-electron chi connectivity index (χ2n) is 9.75. The van der Waals surface area contributed by atoms with E-state index in [2.05, 4.69) is 10.1 Å². The van der Waals surface area contributed by atoms with Crippen LogP contribution in [0.2, 0.25) is 0 Å². The summed E-state index contributed by atoms with van der Waals surface area (Å²) in [5, 5.41) is 25.3. The summed E-state index contributed by atoms with van der Waals surface area (Å²) in [6.07, 6.45) is -2.18. The number of H-pyrrole nitrogens is 1. The van der Waals surface area contributed by atoms with E-state index in [0.717, 1.165) is 12.1 Å². The quantitative estimate of drug-likeness (QED) is 0.406. The van der Waals surface area contributed by atoms with Gasteiger partial charge in [0.05, 0.1) is 34.5 Å². The van der Waals surface area contributed by atoms with E-state index in [1.54, 1.807) is 20.8 Å². The van der Waals surface area contributed by atoms with Crippen molar-refractivity contribution in [1.82, 2.24) is 19.7 Å². The topological polar surface area (TPSA) is 186 Å². The highest BCUT2D eigenvalue weighted by atomic mass is 19.1. The summed E-state index contributed by atoms with van der Waals surface area (Å²) >= 11 is 0. The van der Waals surface area contributed by atoms with Crippen molar-refractivity contribution in [1.29, 1.82) is 5.26 Å². The van der Waals surface area contributed by atoms with E-state index in [9.17, 15) is 29.1 Å². The number of hydrogen-bond acceptors (Lipinski definition) is 10. The molecule has 39 heavy (non-hydrogen) atoms. The molecule has 1 atom stereocenters. The lowest BCUT2D eigenvalue weighted by Gasteiger charge is -2.24. The number of amides is 1. The largest absolute Gasteiger partial charge is 0.504 e. The number of aromatic amines is 1. The molecule has 1 aliphatic heterocycles. The van der Waals surface area contributed by atoms with Crippen LogP contribution in [-0.4, -0.2) is 49.5 Å². The number of benzene rings is 1. The lowest BCUT2D eigenvalue weighted by molar-refractivity contribution is -0.0391. The Balaban J connectivity index is 1.79. The first-order chi connectivity index (χ1) is 18.2. The first-order valence-corrected chi connectivity index (χ1v) is 11.5. The molecule has 1 unspecified atom stereocenters. The molecule has 3 aromatic rings. The van der Waals surface area contributed by atoms with E-state index in [0.29, 0.717) is 0 Å². The van der Waals surface area contributed by atoms with Gasteiger partial charge in [-0.3, -0.25) is 9.48 Å². The molecule has 204 valence electrons. The van der Waals surface area contributed by atoms with Gasteiger partial charge < -0.3 is 34.9 Å². The fraction of sp³-hybridized carbons (Fsp3) is 0.320. The number of ether oxygens (including phenoxy) is 3. The Morgan fingerprint density at radius 3 is 2.69 bits per heavy atom. The number of nitrogens with zero attached hydrogens (tertiary/aromatic N) is 4. The van der Waals surface area contributed by atoms with Gasteiger partial charge in [0.25, 0.3) is 11.8 Å². The van der Waals surface area contributed by atoms with Crippen molar-refractivity contribution >= 4 is 17.9 Å². The van der Waals surface area contributed by atoms with Gasteiger partial charge in [-0.15, -0.1) is 0 Å². The van der Waals surface area contributed by atoms with Crippen molar-refractivity contribution in [3.05, 3.63) is 56.9 Å². The molecular weight excluding hydrogens is 515 g/mol. The molecule has 14 heteroatoms. The molecule has 0 fully saturated rings. The van der Waals surface area contributed by atoms with Crippen LogP contribution in [0.1, 0.15) is 54.4 Å². The van der Waals surface area contributed by atoms with Crippen LogP contribution in [0, 0.1) is 17.1 Å². The lowest BCUT2D eigenvalue weighted by Crippen LogP contribution is -2.34. The number of pyridine rings is 1. The van der Waals surface area contributed by atoms with Gasteiger partial charge in [0.15, 0.2) is 11.6 Å². The Hall–Kier alpha value is -5.06. The number of fused-ring (bicyclic) bond motifs is 1. The minimum absolute atomic E-state index is 0.0466. The number of nitrogens with one attached hydrogen (secondary N) is 1. The van der Waals surface area contributed by atoms with Crippen LogP contribution in [0.3, 0.4) is 0 Å². The van der Waals surface area contributed by atoms with E-state index in [-0.39, 0.29) is 34.6 Å². The molecule has 4 rings (SSSR count). The number of nitrogen functional groups attached to an aromatic ring is 1. The summed E-state index contributed by atoms with van der Waals surface area (Å²) in [6, 6.07) is 5.26. The molecule has 0 radical (unpaired) electrons. The van der Waals surface area contributed by atoms with Gasteiger partial charge in [0, 0.05) is 14.1 Å². The van der Waals surface area contributed by atoms with Crippen molar-refractivity contribution < 1.29 is 33.3 Å². The van der Waals surface area contributed by atoms with Crippen molar-refractivity contribution in [3.63, 3.8) is 0 Å². The molecule has 0 bridgehead atoms. The van der Waals surface area contributed by atoms with Crippen LogP contribution in [0.15, 0.2) is 23.0 Å². The fourth-order valence-electron chi connectivity index (χ4n) is 3.98. The summed E-state index contributed by atoms with van der Waals surface area (Å²) in [7, 11) is 2.88. The Morgan fingerprint density at radius 2 is 2.05 bits per heavy atom. The number of aryl methyl sites for hydroxylation is 1. The average Bonchev–Trinajstić information content (AvgIpc) is 3.30. The predicted molar refractivity (Wildman–Crippen MR) is 133 cm³/mol. The second kappa shape index (κ2) is 9.67. The van der Waals surface area contributed by atoms with E-state index in [4.69, 9.17) is 19.9 Å². The number of cyclic esters (lactones) is 1. The van der Waals surface area contributed by atoms with Crippen LogP contribution < -0.4 is 16.0 Å². The van der Waals surface area contributed by atoms with Gasteiger partial charge in [-0.25, -0.2) is 14.0 Å². The number of anilines is 1. The van der Waals surface area contributed by atoms with Crippen molar-refractivity contribution in [3.8, 4) is 28.7 Å². The summed E-state index contributed by atoms with van der Waals surface area (Å²) in [5.41, 5.74) is 3.79. The third kappa shape index (κ3) is 5.06. The fourth-order valence-corrected chi connectivity index (χ4v) is 3.98. The van der Waals surface area contributed by atoms with E-state index in [1.165, 1.54) is 29.7 Å². The monoisotopic (exact) mass is 540 g/mol.